The Morgan fingerprint density at radius 1 is 0.967 bits per heavy atom. The molecule has 0 radical (unpaired) electrons. The first-order valence-corrected chi connectivity index (χ1v) is 11.2. The van der Waals surface area contributed by atoms with Crippen LogP contribution in [0.1, 0.15) is 19.3 Å². The Morgan fingerprint density at radius 2 is 1.83 bits per heavy atom. The van der Waals surface area contributed by atoms with E-state index in [-0.39, 0.29) is 5.69 Å². The largest absolute Gasteiger partial charge is 0.385 e. The van der Waals surface area contributed by atoms with Gasteiger partial charge in [0.2, 0.25) is 0 Å². The Labute approximate surface area is 186 Å². The summed E-state index contributed by atoms with van der Waals surface area (Å²) in [6.07, 6.45) is 3.37. The fourth-order valence-corrected chi connectivity index (χ4v) is 4.42. The topological polar surface area (TPSA) is 67.2 Å². The van der Waals surface area contributed by atoms with Crippen molar-refractivity contribution < 1.29 is 0 Å². The molecule has 0 bridgehead atoms. The third kappa shape index (κ3) is 5.12. The molecule has 0 spiro atoms. The van der Waals surface area contributed by atoms with E-state index in [2.05, 4.69) is 31.2 Å². The number of fused-ring (bicyclic) bond motifs is 1. The van der Waals surface area contributed by atoms with E-state index in [9.17, 15) is 4.79 Å². The van der Waals surface area contributed by atoms with Gasteiger partial charge in [-0.3, -0.25) is 0 Å². The lowest BCUT2D eigenvalue weighted by Gasteiger charge is -2.25. The van der Waals surface area contributed by atoms with Gasteiger partial charge in [-0.2, -0.15) is 0 Å². The number of hydrogen-bond acceptors (Lipinski definition) is 4. The molecule has 2 heterocycles. The first-order chi connectivity index (χ1) is 14.6. The lowest BCUT2D eigenvalue weighted by molar-refractivity contribution is 0.288. The minimum absolute atomic E-state index is 0.171. The van der Waals surface area contributed by atoms with Crippen LogP contribution in [0.4, 0.5) is 11.4 Å². The Balaban J connectivity index is 1.20. The highest BCUT2D eigenvalue weighted by Gasteiger charge is 2.17. The maximum absolute atomic E-state index is 11.4. The summed E-state index contributed by atoms with van der Waals surface area (Å²) >= 11 is 12.6. The number of nitrogens with one attached hydrogen (secondary N) is 3. The summed E-state index contributed by atoms with van der Waals surface area (Å²) in [6, 6.07) is 11.7. The number of unbranched alkanes of at least 4 members (excludes halogenated alkanes) is 1. The Morgan fingerprint density at radius 3 is 2.73 bits per heavy atom. The molecular formula is C22H27Cl2N5O. The number of aromatic nitrogens is 2. The van der Waals surface area contributed by atoms with Crippen molar-refractivity contribution in [3.05, 3.63) is 56.9 Å². The van der Waals surface area contributed by atoms with Gasteiger partial charge in [-0.05, 0) is 62.7 Å². The lowest BCUT2D eigenvalue weighted by atomic mass is 10.2. The first kappa shape index (κ1) is 21.1. The van der Waals surface area contributed by atoms with Crippen LogP contribution in [0.25, 0.3) is 11.0 Å². The van der Waals surface area contributed by atoms with Gasteiger partial charge in [0.25, 0.3) is 0 Å². The molecule has 160 valence electrons. The Kier molecular flexibility index (Phi) is 6.87. The SMILES string of the molecule is O=c1[nH]c2ccc(NCCCCN3CCCN(c4cccc(Cl)c4Cl)CC3)cc2[nH]1. The Hall–Kier alpha value is -2.15. The summed E-state index contributed by atoms with van der Waals surface area (Å²) in [5.41, 5.74) is 3.56. The molecule has 0 aliphatic carbocycles. The van der Waals surface area contributed by atoms with Crippen LogP contribution in [-0.4, -0.2) is 54.1 Å². The molecule has 6 nitrogen and oxygen atoms in total. The molecule has 1 aromatic heterocycles. The van der Waals surface area contributed by atoms with Crippen molar-refractivity contribution in [2.45, 2.75) is 19.3 Å². The second-order valence-corrected chi connectivity index (χ2v) is 8.51. The number of rotatable bonds is 7. The van der Waals surface area contributed by atoms with Crippen molar-refractivity contribution in [1.29, 1.82) is 0 Å². The molecule has 0 saturated carbocycles. The van der Waals surface area contributed by atoms with E-state index in [4.69, 9.17) is 23.2 Å². The van der Waals surface area contributed by atoms with Crippen molar-refractivity contribution in [2.24, 2.45) is 0 Å². The number of aromatic amines is 2. The number of anilines is 2. The van der Waals surface area contributed by atoms with Gasteiger partial charge in [0.1, 0.15) is 0 Å². The van der Waals surface area contributed by atoms with Gasteiger partial charge in [-0.1, -0.05) is 29.3 Å². The lowest BCUT2D eigenvalue weighted by Crippen LogP contribution is -2.31. The standard InChI is InChI=1S/C22H27Cl2N5O/c23-17-5-3-6-20(21(17)24)29-12-4-11-28(13-14-29)10-2-1-9-25-16-7-8-18-19(15-16)27-22(30)26-18/h3,5-8,15,25H,1-2,4,9-14H2,(H2,26,27,30). The average Bonchev–Trinajstić information content (AvgIpc) is 2.94. The van der Waals surface area contributed by atoms with Crippen molar-refractivity contribution >= 4 is 45.6 Å². The van der Waals surface area contributed by atoms with Gasteiger partial charge < -0.3 is 25.1 Å². The minimum Gasteiger partial charge on any atom is -0.385 e. The van der Waals surface area contributed by atoms with Gasteiger partial charge in [0, 0.05) is 31.9 Å². The number of nitrogens with zero attached hydrogens (tertiary/aromatic N) is 2. The van der Waals surface area contributed by atoms with Crippen molar-refractivity contribution in [3.8, 4) is 0 Å². The maximum atomic E-state index is 11.4. The van der Waals surface area contributed by atoms with E-state index in [0.717, 1.165) is 80.9 Å². The van der Waals surface area contributed by atoms with Gasteiger partial charge in [0.05, 0.1) is 26.8 Å². The molecular weight excluding hydrogens is 421 g/mol. The van der Waals surface area contributed by atoms with Crippen LogP contribution in [-0.2, 0) is 0 Å². The zero-order chi connectivity index (χ0) is 20.9. The summed E-state index contributed by atoms with van der Waals surface area (Å²) in [7, 11) is 0. The predicted octanol–water partition coefficient (Wildman–Crippen LogP) is 4.57. The molecule has 2 aromatic carbocycles. The molecule has 0 amide bonds. The Bertz CT molecular complexity index is 1050. The van der Waals surface area contributed by atoms with Crippen molar-refractivity contribution in [3.63, 3.8) is 0 Å². The van der Waals surface area contributed by atoms with Crippen LogP contribution >= 0.6 is 23.2 Å². The van der Waals surface area contributed by atoms with Gasteiger partial charge in [0.15, 0.2) is 0 Å². The first-order valence-electron chi connectivity index (χ1n) is 10.5. The minimum atomic E-state index is -0.171. The molecule has 0 atom stereocenters. The molecule has 1 saturated heterocycles. The van der Waals surface area contributed by atoms with Gasteiger partial charge in [-0.15, -0.1) is 0 Å². The molecule has 1 aliphatic heterocycles. The third-order valence-corrected chi connectivity index (χ3v) is 6.42. The van der Waals surface area contributed by atoms with Crippen LogP contribution < -0.4 is 15.9 Å². The number of halogens is 2. The quantitative estimate of drug-likeness (QED) is 0.464. The molecule has 1 fully saturated rings. The predicted molar refractivity (Wildman–Crippen MR) is 126 cm³/mol. The zero-order valence-electron chi connectivity index (χ0n) is 16.9. The molecule has 0 unspecified atom stereocenters. The second kappa shape index (κ2) is 9.77. The highest BCUT2D eigenvalue weighted by molar-refractivity contribution is 6.43. The van der Waals surface area contributed by atoms with E-state index >= 15 is 0 Å². The van der Waals surface area contributed by atoms with E-state index in [1.165, 1.54) is 0 Å². The maximum Gasteiger partial charge on any atom is 0.323 e. The third-order valence-electron chi connectivity index (χ3n) is 5.61. The van der Waals surface area contributed by atoms with Crippen LogP contribution in [0.3, 0.4) is 0 Å². The number of H-pyrrole nitrogens is 2. The summed E-state index contributed by atoms with van der Waals surface area (Å²) in [4.78, 5) is 21.8. The van der Waals surface area contributed by atoms with E-state index in [1.54, 1.807) is 0 Å². The normalized spacial score (nSPS) is 15.5. The summed E-state index contributed by atoms with van der Waals surface area (Å²) in [5, 5.41) is 4.72. The molecule has 3 aromatic rings. The number of imidazole rings is 1. The highest BCUT2D eigenvalue weighted by Crippen LogP contribution is 2.32. The number of hydrogen-bond donors (Lipinski definition) is 3. The smallest absolute Gasteiger partial charge is 0.323 e. The van der Waals surface area contributed by atoms with Crippen LogP contribution in [0.2, 0.25) is 10.0 Å². The molecule has 8 heteroatoms. The second-order valence-electron chi connectivity index (χ2n) is 7.73. The van der Waals surface area contributed by atoms with Crippen molar-refractivity contribution in [2.75, 3.05) is 49.5 Å². The zero-order valence-corrected chi connectivity index (χ0v) is 18.4. The fourth-order valence-electron chi connectivity index (χ4n) is 4.01. The molecule has 4 rings (SSSR count). The molecule has 30 heavy (non-hydrogen) atoms. The molecule has 3 N–H and O–H groups in total. The van der Waals surface area contributed by atoms with Gasteiger partial charge in [-0.25, -0.2) is 4.79 Å². The molecule has 1 aliphatic rings. The van der Waals surface area contributed by atoms with Gasteiger partial charge >= 0.3 is 5.69 Å². The van der Waals surface area contributed by atoms with Crippen LogP contribution in [0, 0.1) is 0 Å². The number of benzene rings is 2. The van der Waals surface area contributed by atoms with E-state index in [1.807, 2.05) is 30.3 Å². The highest BCUT2D eigenvalue weighted by atomic mass is 35.5. The van der Waals surface area contributed by atoms with Crippen LogP contribution in [0.15, 0.2) is 41.2 Å². The van der Waals surface area contributed by atoms with Crippen molar-refractivity contribution in [1.82, 2.24) is 14.9 Å². The monoisotopic (exact) mass is 447 g/mol. The average molecular weight is 448 g/mol. The van der Waals surface area contributed by atoms with E-state index in [0.29, 0.717) is 10.0 Å². The summed E-state index contributed by atoms with van der Waals surface area (Å²) in [6.45, 7) is 6.13. The summed E-state index contributed by atoms with van der Waals surface area (Å²) in [5.74, 6) is 0. The fraction of sp³-hybridized carbons (Fsp3) is 0.409. The summed E-state index contributed by atoms with van der Waals surface area (Å²) < 4.78 is 0. The van der Waals surface area contributed by atoms with Crippen LogP contribution in [0.5, 0.6) is 0 Å². The van der Waals surface area contributed by atoms with E-state index < -0.39 is 0 Å².